The fourth-order valence-corrected chi connectivity index (χ4v) is 7.24. The van der Waals surface area contributed by atoms with Gasteiger partial charge in [0.05, 0.1) is 94.9 Å². The summed E-state index contributed by atoms with van der Waals surface area (Å²) in [5.41, 5.74) is 9.34. The lowest BCUT2D eigenvalue weighted by atomic mass is 10.1. The molecule has 2 fully saturated rings. The summed E-state index contributed by atoms with van der Waals surface area (Å²) in [5, 5.41) is 0. The van der Waals surface area contributed by atoms with Crippen LogP contribution in [0.2, 0.25) is 0 Å². The fraction of sp³-hybridized carbons (Fsp3) is 0.500. The molecule has 2 N–H and O–H groups in total. The third-order valence-electron chi connectivity index (χ3n) is 9.97. The molecule has 0 aliphatic carbocycles. The molecule has 2 aromatic rings. The predicted octanol–water partition coefficient (Wildman–Crippen LogP) is 4.32. The van der Waals surface area contributed by atoms with Gasteiger partial charge in [-0.25, -0.2) is 0 Å². The number of hydrogen-bond donors (Lipinski definition) is 1. The third kappa shape index (κ3) is 8.72. The van der Waals surface area contributed by atoms with E-state index in [2.05, 4.69) is 18.2 Å². The monoisotopic (exact) mass is 745 g/mol. The first kappa shape index (κ1) is 38.8. The standard InChI is InChI=1S/C40H51N5O9/c1-26-16-28-22-42-32-20-36(34(49-3)18-30(32)39(47)43(28)23-26)53-10-6-5-7-11-54-37-21-33-31(19-35(37)50-4)40(48)44-24-27(2)17-29(44)25-45(33)38(46)8-12-51-14-15-52-13-9-41/h18-22,28-29H,1-2,5-17,23-25,41H2,3-4H3/t28-,29-/m0/s1. The molecule has 2 saturated heterocycles. The number of carbonyl (C=O) groups is 3. The molecule has 0 bridgehead atoms. The highest BCUT2D eigenvalue weighted by Gasteiger charge is 2.40. The van der Waals surface area contributed by atoms with Crippen LogP contribution in [0.25, 0.3) is 0 Å². The Morgan fingerprint density at radius 1 is 0.778 bits per heavy atom. The molecule has 54 heavy (non-hydrogen) atoms. The molecule has 0 aromatic heterocycles. The minimum Gasteiger partial charge on any atom is -0.493 e. The van der Waals surface area contributed by atoms with E-state index < -0.39 is 0 Å². The normalized spacial score (nSPS) is 18.9. The molecule has 2 atom stereocenters. The Morgan fingerprint density at radius 2 is 1.41 bits per heavy atom. The number of aliphatic imine (C=N–C) groups is 1. The second-order valence-corrected chi connectivity index (χ2v) is 13.8. The van der Waals surface area contributed by atoms with E-state index in [0.29, 0.717) is 118 Å². The maximum Gasteiger partial charge on any atom is 0.257 e. The molecule has 2 aromatic carbocycles. The summed E-state index contributed by atoms with van der Waals surface area (Å²) in [7, 11) is 3.08. The van der Waals surface area contributed by atoms with E-state index in [1.807, 2.05) is 6.21 Å². The van der Waals surface area contributed by atoms with Gasteiger partial charge in [-0.1, -0.05) is 24.3 Å². The van der Waals surface area contributed by atoms with Gasteiger partial charge in [0.25, 0.3) is 11.8 Å². The van der Waals surface area contributed by atoms with E-state index in [1.54, 1.807) is 46.1 Å². The third-order valence-corrected chi connectivity index (χ3v) is 9.97. The number of ether oxygens (including phenoxy) is 6. The number of nitrogens with two attached hydrogens (primary N) is 1. The number of anilines is 1. The minimum atomic E-state index is -0.177. The van der Waals surface area contributed by atoms with Crippen molar-refractivity contribution in [2.24, 2.45) is 10.7 Å². The number of benzene rings is 2. The van der Waals surface area contributed by atoms with Gasteiger partial charge in [0.2, 0.25) is 5.91 Å². The molecule has 4 aliphatic heterocycles. The molecule has 0 saturated carbocycles. The zero-order chi connectivity index (χ0) is 38.2. The molecule has 14 nitrogen and oxygen atoms in total. The largest absolute Gasteiger partial charge is 0.493 e. The smallest absolute Gasteiger partial charge is 0.257 e. The van der Waals surface area contributed by atoms with Crippen molar-refractivity contribution in [3.63, 3.8) is 0 Å². The Morgan fingerprint density at radius 3 is 2.11 bits per heavy atom. The first-order valence-corrected chi connectivity index (χ1v) is 18.6. The molecule has 14 heteroatoms. The Labute approximate surface area is 316 Å². The van der Waals surface area contributed by atoms with Crippen molar-refractivity contribution < 1.29 is 42.8 Å². The van der Waals surface area contributed by atoms with E-state index in [9.17, 15) is 14.4 Å². The predicted molar refractivity (Wildman–Crippen MR) is 204 cm³/mol. The summed E-state index contributed by atoms with van der Waals surface area (Å²) < 4.78 is 34.5. The first-order chi connectivity index (χ1) is 26.2. The van der Waals surface area contributed by atoms with Gasteiger partial charge in [0.15, 0.2) is 23.0 Å². The van der Waals surface area contributed by atoms with Crippen LogP contribution < -0.4 is 29.6 Å². The van der Waals surface area contributed by atoms with Crippen LogP contribution in [-0.4, -0.2) is 126 Å². The van der Waals surface area contributed by atoms with Gasteiger partial charge in [-0.15, -0.1) is 0 Å². The van der Waals surface area contributed by atoms with E-state index in [4.69, 9.17) is 34.2 Å². The number of fused-ring (bicyclic) bond motifs is 4. The van der Waals surface area contributed by atoms with Crippen molar-refractivity contribution in [1.82, 2.24) is 9.80 Å². The summed E-state index contributed by atoms with van der Waals surface area (Å²) in [4.78, 5) is 50.6. The average Bonchev–Trinajstić information content (AvgIpc) is 3.68. The molecule has 6 rings (SSSR count). The first-order valence-electron chi connectivity index (χ1n) is 18.6. The number of amides is 3. The maximum absolute atomic E-state index is 13.8. The number of unbranched alkanes of at least 4 members (excludes halogenated alkanes) is 2. The summed E-state index contributed by atoms with van der Waals surface area (Å²) in [6, 6.07) is 6.61. The molecule has 0 radical (unpaired) electrons. The van der Waals surface area contributed by atoms with Gasteiger partial charge < -0.3 is 48.9 Å². The molecule has 0 unspecified atom stereocenters. The number of nitrogens with zero attached hydrogens (tertiary/aromatic N) is 4. The van der Waals surface area contributed by atoms with Gasteiger partial charge >= 0.3 is 0 Å². The van der Waals surface area contributed by atoms with Gasteiger partial charge in [-0.3, -0.25) is 19.4 Å². The number of rotatable bonds is 18. The van der Waals surface area contributed by atoms with Crippen molar-refractivity contribution in [3.05, 3.63) is 59.7 Å². The highest BCUT2D eigenvalue weighted by atomic mass is 16.5. The van der Waals surface area contributed by atoms with E-state index in [1.165, 1.54) is 7.11 Å². The molecule has 0 spiro atoms. The van der Waals surface area contributed by atoms with Crippen LogP contribution in [0.5, 0.6) is 23.0 Å². The van der Waals surface area contributed by atoms with Crippen LogP contribution in [0, 0.1) is 0 Å². The number of carbonyl (C=O) groups excluding carboxylic acids is 3. The van der Waals surface area contributed by atoms with Gasteiger partial charge in [0.1, 0.15) is 0 Å². The van der Waals surface area contributed by atoms with Crippen molar-refractivity contribution in [2.75, 3.05) is 84.9 Å². The van der Waals surface area contributed by atoms with Crippen LogP contribution >= 0.6 is 0 Å². The lowest BCUT2D eigenvalue weighted by molar-refractivity contribution is -0.120. The Balaban J connectivity index is 1.05. The number of methoxy groups -OCH3 is 2. The van der Waals surface area contributed by atoms with E-state index in [0.717, 1.165) is 30.4 Å². The van der Waals surface area contributed by atoms with Gasteiger partial charge in [-0.05, 0) is 44.2 Å². The molecule has 4 heterocycles. The lowest BCUT2D eigenvalue weighted by Gasteiger charge is -2.26. The summed E-state index contributed by atoms with van der Waals surface area (Å²) >= 11 is 0. The molecular formula is C40H51N5O9. The average molecular weight is 746 g/mol. The van der Waals surface area contributed by atoms with Crippen molar-refractivity contribution in [3.8, 4) is 23.0 Å². The zero-order valence-electron chi connectivity index (χ0n) is 31.3. The van der Waals surface area contributed by atoms with Gasteiger partial charge in [-0.2, -0.15) is 0 Å². The number of hydrogen-bond acceptors (Lipinski definition) is 11. The van der Waals surface area contributed by atoms with Crippen LogP contribution in [0.4, 0.5) is 11.4 Å². The molecular weight excluding hydrogens is 694 g/mol. The van der Waals surface area contributed by atoms with E-state index in [-0.39, 0.29) is 42.8 Å². The Kier molecular flexibility index (Phi) is 12.9. The minimum absolute atomic E-state index is 0.0913. The second-order valence-electron chi connectivity index (χ2n) is 13.8. The Hall–Kier alpha value is -4.92. The molecule has 290 valence electrons. The second kappa shape index (κ2) is 17.9. The zero-order valence-corrected chi connectivity index (χ0v) is 31.3. The summed E-state index contributed by atoms with van der Waals surface area (Å²) in [6.45, 7) is 12.1. The van der Waals surface area contributed by atoms with Crippen molar-refractivity contribution >= 4 is 35.3 Å². The highest BCUT2D eigenvalue weighted by molar-refractivity contribution is 6.07. The van der Waals surface area contributed by atoms with Gasteiger partial charge in [0, 0.05) is 44.5 Å². The Bertz CT molecular complexity index is 1780. The SMILES string of the molecule is C=C1C[C@H]2CN(C(=O)CCOCCOCCN)c3cc(OCCCCCOc4cc5c(cc4OC)C(=O)N4CC(=C)C[C@H]4C=N5)c(OC)cc3C(=O)N2C1. The van der Waals surface area contributed by atoms with E-state index >= 15 is 0 Å². The van der Waals surface area contributed by atoms with Crippen LogP contribution in [0.15, 0.2) is 53.6 Å². The summed E-state index contributed by atoms with van der Waals surface area (Å²) in [6.07, 6.45) is 5.56. The van der Waals surface area contributed by atoms with Crippen LogP contribution in [0.3, 0.4) is 0 Å². The lowest BCUT2D eigenvalue weighted by Crippen LogP contribution is -2.42. The van der Waals surface area contributed by atoms with Crippen molar-refractivity contribution in [2.45, 2.75) is 50.6 Å². The maximum atomic E-state index is 13.8. The highest BCUT2D eigenvalue weighted by Crippen LogP contribution is 2.41. The van der Waals surface area contributed by atoms with Crippen LogP contribution in [0.1, 0.15) is 59.2 Å². The molecule has 4 aliphatic rings. The fourth-order valence-electron chi connectivity index (χ4n) is 7.24. The quantitative estimate of drug-likeness (QED) is 0.172. The molecule has 3 amide bonds. The van der Waals surface area contributed by atoms with Crippen molar-refractivity contribution in [1.29, 1.82) is 0 Å². The van der Waals surface area contributed by atoms with Crippen LogP contribution in [-0.2, 0) is 14.3 Å². The topological polar surface area (TPSA) is 155 Å². The summed E-state index contributed by atoms with van der Waals surface area (Å²) in [5.74, 6) is 1.45.